The number of hydrogen-bond acceptors (Lipinski definition) is 4. The van der Waals surface area contributed by atoms with Crippen LogP contribution in [0.5, 0.6) is 0 Å². The molecule has 1 N–H and O–H groups in total. The van der Waals surface area contributed by atoms with Gasteiger partial charge in [-0.1, -0.05) is 19.1 Å². The van der Waals surface area contributed by atoms with Crippen LogP contribution >= 0.6 is 0 Å². The van der Waals surface area contributed by atoms with Crippen LogP contribution in [0.25, 0.3) is 0 Å². The van der Waals surface area contributed by atoms with E-state index in [1.165, 1.54) is 12.1 Å². The average Bonchev–Trinajstić information content (AvgIpc) is 2.80. The Hall–Kier alpha value is -1.75. The molecule has 2 aromatic rings. The Balaban J connectivity index is 1.91. The lowest BCUT2D eigenvalue weighted by Gasteiger charge is -1.97. The van der Waals surface area contributed by atoms with E-state index < -0.39 is 0 Å². The van der Waals surface area contributed by atoms with Crippen molar-refractivity contribution < 1.29 is 8.81 Å². The zero-order chi connectivity index (χ0) is 12.8. The van der Waals surface area contributed by atoms with Gasteiger partial charge in [-0.25, -0.2) is 4.39 Å². The lowest BCUT2D eigenvalue weighted by atomic mass is 10.1. The lowest BCUT2D eigenvalue weighted by Crippen LogP contribution is -2.13. The molecule has 0 radical (unpaired) electrons. The van der Waals surface area contributed by atoms with Crippen molar-refractivity contribution in [3.8, 4) is 0 Å². The maximum absolute atomic E-state index is 12.7. The monoisotopic (exact) mass is 249 g/mol. The van der Waals surface area contributed by atoms with Crippen molar-refractivity contribution in [2.24, 2.45) is 0 Å². The predicted molar refractivity (Wildman–Crippen MR) is 65.5 cm³/mol. The molecular formula is C13H16FN3O. The van der Waals surface area contributed by atoms with E-state index in [2.05, 4.69) is 22.4 Å². The Kier molecular flexibility index (Phi) is 4.41. The molecule has 96 valence electrons. The summed E-state index contributed by atoms with van der Waals surface area (Å²) in [5.41, 5.74) is 0.952. The fourth-order valence-corrected chi connectivity index (χ4v) is 1.58. The molecule has 1 aromatic carbocycles. The minimum Gasteiger partial charge on any atom is -0.424 e. The van der Waals surface area contributed by atoms with E-state index >= 15 is 0 Å². The van der Waals surface area contributed by atoms with Crippen LogP contribution in [0.3, 0.4) is 0 Å². The van der Waals surface area contributed by atoms with Gasteiger partial charge in [0, 0.05) is 0 Å². The predicted octanol–water partition coefficient (Wildman–Crippen LogP) is 2.30. The number of benzene rings is 1. The lowest BCUT2D eigenvalue weighted by molar-refractivity contribution is 0.439. The normalized spacial score (nSPS) is 10.8. The molecule has 1 heterocycles. The Morgan fingerprint density at radius 2 is 1.89 bits per heavy atom. The maximum atomic E-state index is 12.7. The summed E-state index contributed by atoms with van der Waals surface area (Å²) in [7, 11) is 0. The third-order valence-electron chi connectivity index (χ3n) is 2.48. The molecule has 0 amide bonds. The summed E-state index contributed by atoms with van der Waals surface area (Å²) in [6.45, 7) is 3.61. The van der Waals surface area contributed by atoms with E-state index in [9.17, 15) is 4.39 Å². The van der Waals surface area contributed by atoms with Gasteiger partial charge >= 0.3 is 0 Å². The van der Waals surface area contributed by atoms with E-state index in [1.807, 2.05) is 0 Å². The van der Waals surface area contributed by atoms with Gasteiger partial charge in [-0.15, -0.1) is 10.2 Å². The largest absolute Gasteiger partial charge is 0.424 e. The van der Waals surface area contributed by atoms with Gasteiger partial charge in [0.15, 0.2) is 0 Å². The standard InChI is InChI=1S/C13H16FN3O/c1-2-7-15-9-13-17-16-12(18-13)8-10-3-5-11(14)6-4-10/h3-6,15H,2,7-9H2,1H3. The van der Waals surface area contributed by atoms with Gasteiger partial charge in [0.2, 0.25) is 11.8 Å². The van der Waals surface area contributed by atoms with Crippen LogP contribution in [-0.2, 0) is 13.0 Å². The van der Waals surface area contributed by atoms with Crippen LogP contribution in [0.15, 0.2) is 28.7 Å². The molecule has 0 atom stereocenters. The van der Waals surface area contributed by atoms with Gasteiger partial charge in [0.25, 0.3) is 0 Å². The molecule has 1 aromatic heterocycles. The Morgan fingerprint density at radius 1 is 1.17 bits per heavy atom. The molecule has 0 saturated carbocycles. The van der Waals surface area contributed by atoms with Crippen molar-refractivity contribution in [1.82, 2.24) is 15.5 Å². The van der Waals surface area contributed by atoms with Crippen molar-refractivity contribution >= 4 is 0 Å². The fraction of sp³-hybridized carbons (Fsp3) is 0.385. The van der Waals surface area contributed by atoms with E-state index in [-0.39, 0.29) is 5.82 Å². The number of nitrogens with zero attached hydrogens (tertiary/aromatic N) is 2. The minimum absolute atomic E-state index is 0.242. The number of hydrogen-bond donors (Lipinski definition) is 1. The van der Waals surface area contributed by atoms with Crippen LogP contribution in [0, 0.1) is 5.82 Å². The van der Waals surface area contributed by atoms with E-state index in [4.69, 9.17) is 4.42 Å². The molecule has 0 bridgehead atoms. The van der Waals surface area contributed by atoms with Crippen LogP contribution in [0.2, 0.25) is 0 Å². The van der Waals surface area contributed by atoms with Gasteiger partial charge in [-0.3, -0.25) is 0 Å². The zero-order valence-corrected chi connectivity index (χ0v) is 10.3. The van der Waals surface area contributed by atoms with Crippen molar-refractivity contribution in [3.63, 3.8) is 0 Å². The molecule has 0 unspecified atom stereocenters. The Labute approximate surface area is 105 Å². The minimum atomic E-state index is -0.242. The van der Waals surface area contributed by atoms with Gasteiger partial charge in [-0.05, 0) is 30.7 Å². The Morgan fingerprint density at radius 3 is 2.61 bits per heavy atom. The van der Waals surface area contributed by atoms with Crippen LogP contribution in [0.4, 0.5) is 4.39 Å². The molecule has 0 aliphatic heterocycles. The molecule has 5 heteroatoms. The zero-order valence-electron chi connectivity index (χ0n) is 10.3. The average molecular weight is 249 g/mol. The van der Waals surface area contributed by atoms with Crippen LogP contribution in [-0.4, -0.2) is 16.7 Å². The molecule has 0 fully saturated rings. The second kappa shape index (κ2) is 6.26. The quantitative estimate of drug-likeness (QED) is 0.798. The molecule has 0 saturated heterocycles. The topological polar surface area (TPSA) is 51.0 Å². The fourth-order valence-electron chi connectivity index (χ4n) is 1.58. The first-order chi connectivity index (χ1) is 8.78. The summed E-state index contributed by atoms with van der Waals surface area (Å²) in [6.07, 6.45) is 1.59. The van der Waals surface area contributed by atoms with Crippen LogP contribution < -0.4 is 5.32 Å². The van der Waals surface area contributed by atoms with Crippen molar-refractivity contribution in [3.05, 3.63) is 47.4 Å². The van der Waals surface area contributed by atoms with Gasteiger partial charge in [0.05, 0.1) is 13.0 Å². The number of rotatable bonds is 6. The number of halogens is 1. The first-order valence-corrected chi connectivity index (χ1v) is 6.04. The first-order valence-electron chi connectivity index (χ1n) is 6.04. The third-order valence-corrected chi connectivity index (χ3v) is 2.48. The third kappa shape index (κ3) is 3.63. The molecule has 0 aliphatic rings. The van der Waals surface area contributed by atoms with E-state index in [1.54, 1.807) is 12.1 Å². The van der Waals surface area contributed by atoms with Gasteiger partial charge in [-0.2, -0.15) is 0 Å². The first kappa shape index (κ1) is 12.7. The van der Waals surface area contributed by atoms with E-state index in [0.29, 0.717) is 24.7 Å². The molecule has 2 rings (SSSR count). The highest BCUT2D eigenvalue weighted by atomic mass is 19.1. The summed E-state index contributed by atoms with van der Waals surface area (Å²) in [6, 6.07) is 6.29. The second-order valence-corrected chi connectivity index (χ2v) is 4.07. The molecule has 0 aliphatic carbocycles. The summed E-state index contributed by atoms with van der Waals surface area (Å²) < 4.78 is 18.2. The molecule has 4 nitrogen and oxygen atoms in total. The van der Waals surface area contributed by atoms with Gasteiger partial charge in [0.1, 0.15) is 5.82 Å². The SMILES string of the molecule is CCCNCc1nnc(Cc2ccc(F)cc2)o1. The van der Waals surface area contributed by atoms with Gasteiger partial charge < -0.3 is 9.73 Å². The Bertz CT molecular complexity index is 481. The maximum Gasteiger partial charge on any atom is 0.230 e. The highest BCUT2D eigenvalue weighted by Gasteiger charge is 2.06. The highest BCUT2D eigenvalue weighted by molar-refractivity contribution is 5.18. The summed E-state index contributed by atoms with van der Waals surface area (Å²) in [4.78, 5) is 0. The highest BCUT2D eigenvalue weighted by Crippen LogP contribution is 2.09. The van der Waals surface area contributed by atoms with E-state index in [0.717, 1.165) is 18.5 Å². The van der Waals surface area contributed by atoms with Crippen LogP contribution in [0.1, 0.15) is 30.7 Å². The molecule has 0 spiro atoms. The summed E-state index contributed by atoms with van der Waals surface area (Å²) >= 11 is 0. The smallest absolute Gasteiger partial charge is 0.230 e. The van der Waals surface area contributed by atoms with Crippen molar-refractivity contribution in [1.29, 1.82) is 0 Å². The molecule has 18 heavy (non-hydrogen) atoms. The number of aromatic nitrogens is 2. The molecular weight excluding hydrogens is 233 g/mol. The van der Waals surface area contributed by atoms with Crippen molar-refractivity contribution in [2.45, 2.75) is 26.3 Å². The number of nitrogens with one attached hydrogen (secondary N) is 1. The second-order valence-electron chi connectivity index (χ2n) is 4.07. The summed E-state index contributed by atoms with van der Waals surface area (Å²) in [5.74, 6) is 0.893. The van der Waals surface area contributed by atoms with Crippen molar-refractivity contribution in [2.75, 3.05) is 6.54 Å². The summed E-state index contributed by atoms with van der Waals surface area (Å²) in [5, 5.41) is 11.1.